The number of benzene rings is 3. The number of hydrogen-bond donors (Lipinski definition) is 0. The van der Waals surface area contributed by atoms with Crippen LogP contribution in [0.15, 0.2) is 66.7 Å². The zero-order valence-electron chi connectivity index (χ0n) is 21.9. The summed E-state index contributed by atoms with van der Waals surface area (Å²) in [4.78, 5) is 27.6. The van der Waals surface area contributed by atoms with Gasteiger partial charge in [-0.15, -0.1) is 0 Å². The van der Waals surface area contributed by atoms with Gasteiger partial charge < -0.3 is 14.5 Å². The van der Waals surface area contributed by atoms with Crippen molar-refractivity contribution >= 4 is 22.6 Å². The van der Waals surface area contributed by atoms with Gasteiger partial charge in [0, 0.05) is 32.1 Å². The average Bonchev–Trinajstić information content (AvgIpc) is 3.38. The van der Waals surface area contributed by atoms with Crippen LogP contribution in [0.3, 0.4) is 0 Å². The summed E-state index contributed by atoms with van der Waals surface area (Å²) in [5.41, 5.74) is 2.08. The number of nitrogens with zero attached hydrogens (tertiary/aromatic N) is 2. The Bertz CT molecular complexity index is 1180. The van der Waals surface area contributed by atoms with Gasteiger partial charge in [-0.2, -0.15) is 0 Å². The number of hydrogen-bond acceptors (Lipinski definition) is 4. The number of fused-ring (bicyclic) bond motifs is 1. The molecule has 37 heavy (non-hydrogen) atoms. The lowest BCUT2D eigenvalue weighted by atomic mass is 9.89. The first kappa shape index (κ1) is 26.8. The summed E-state index contributed by atoms with van der Waals surface area (Å²) in [7, 11) is 0. The maximum Gasteiger partial charge on any atom is 0.302 e. The molecule has 5 rings (SSSR count). The fraction of sp³-hybridized carbons (Fsp3) is 0.419. The maximum atomic E-state index is 13.2. The second-order valence-electron chi connectivity index (χ2n) is 9.98. The van der Waals surface area contributed by atoms with Crippen LogP contribution in [-0.4, -0.2) is 61.0 Å². The van der Waals surface area contributed by atoms with Gasteiger partial charge in [-0.3, -0.25) is 9.59 Å². The minimum Gasteiger partial charge on any atom is -0.466 e. The van der Waals surface area contributed by atoms with E-state index in [1.54, 1.807) is 19.1 Å². The van der Waals surface area contributed by atoms with Crippen molar-refractivity contribution in [3.8, 4) is 0 Å². The molecule has 2 fully saturated rings. The SMILES string of the molecule is CCOC(C)=O.O=C(c1cccc2ccccc12)N1CC[C@H](CN2CCC(c3ccc(F)cc3)CC2)C1. The molecule has 196 valence electrons. The van der Waals surface area contributed by atoms with Gasteiger partial charge in [0.2, 0.25) is 0 Å². The molecule has 1 atom stereocenters. The quantitative estimate of drug-likeness (QED) is 0.407. The van der Waals surface area contributed by atoms with E-state index in [1.807, 2.05) is 47.4 Å². The van der Waals surface area contributed by atoms with Crippen molar-refractivity contribution in [2.45, 2.75) is 39.0 Å². The average molecular weight is 505 g/mol. The van der Waals surface area contributed by atoms with Crippen LogP contribution >= 0.6 is 0 Å². The van der Waals surface area contributed by atoms with Crippen LogP contribution in [0.25, 0.3) is 10.8 Å². The van der Waals surface area contributed by atoms with Crippen LogP contribution in [0.5, 0.6) is 0 Å². The number of likely N-dealkylation sites (tertiary alicyclic amines) is 2. The number of esters is 1. The first-order valence-electron chi connectivity index (χ1n) is 13.3. The van der Waals surface area contributed by atoms with E-state index in [0.29, 0.717) is 18.4 Å². The number of carbonyl (C=O) groups is 2. The molecular formula is C31H37FN2O3. The third-order valence-corrected chi connectivity index (χ3v) is 7.39. The Labute approximate surface area is 219 Å². The topological polar surface area (TPSA) is 49.9 Å². The van der Waals surface area contributed by atoms with E-state index in [4.69, 9.17) is 0 Å². The molecule has 2 aliphatic rings. The molecule has 0 aliphatic carbocycles. The predicted molar refractivity (Wildman–Crippen MR) is 145 cm³/mol. The van der Waals surface area contributed by atoms with Crippen LogP contribution in [0, 0.1) is 11.7 Å². The molecule has 0 N–H and O–H groups in total. The fourth-order valence-electron chi connectivity index (χ4n) is 5.50. The number of carbonyl (C=O) groups excluding carboxylic acids is 2. The zero-order valence-corrected chi connectivity index (χ0v) is 21.9. The highest BCUT2D eigenvalue weighted by molar-refractivity contribution is 6.07. The van der Waals surface area contributed by atoms with Crippen LogP contribution in [0.2, 0.25) is 0 Å². The summed E-state index contributed by atoms with van der Waals surface area (Å²) >= 11 is 0. The molecule has 5 nitrogen and oxygen atoms in total. The molecule has 0 spiro atoms. The number of halogens is 1. The Balaban J connectivity index is 0.000000480. The third-order valence-electron chi connectivity index (χ3n) is 7.39. The standard InChI is InChI=1S/C27H29FN2O.C4H8O2/c28-24-10-8-21(9-11-24)22-13-15-29(16-14-22)18-20-12-17-30(19-20)27(31)26-7-3-5-23-4-1-2-6-25(23)26;1-3-6-4(2)5/h1-11,20,22H,12-19H2;3H2,1-2H3/t20-;/m1./s1. The molecule has 0 saturated carbocycles. The molecule has 0 bridgehead atoms. The van der Waals surface area contributed by atoms with Gasteiger partial charge in [0.1, 0.15) is 5.82 Å². The van der Waals surface area contributed by atoms with Gasteiger partial charge in [0.25, 0.3) is 5.91 Å². The van der Waals surface area contributed by atoms with Crippen molar-refractivity contribution in [1.82, 2.24) is 9.80 Å². The van der Waals surface area contributed by atoms with Crippen molar-refractivity contribution < 1.29 is 18.7 Å². The highest BCUT2D eigenvalue weighted by atomic mass is 19.1. The first-order chi connectivity index (χ1) is 17.9. The van der Waals surface area contributed by atoms with Crippen molar-refractivity contribution in [3.05, 3.63) is 83.7 Å². The van der Waals surface area contributed by atoms with E-state index >= 15 is 0 Å². The highest BCUT2D eigenvalue weighted by Crippen LogP contribution is 2.30. The first-order valence-corrected chi connectivity index (χ1v) is 13.3. The fourth-order valence-corrected chi connectivity index (χ4v) is 5.50. The van der Waals surface area contributed by atoms with Crippen LogP contribution in [-0.2, 0) is 9.53 Å². The lowest BCUT2D eigenvalue weighted by Gasteiger charge is -2.33. The van der Waals surface area contributed by atoms with Crippen LogP contribution in [0.4, 0.5) is 4.39 Å². The molecule has 2 aliphatic heterocycles. The van der Waals surface area contributed by atoms with E-state index < -0.39 is 0 Å². The number of rotatable bonds is 5. The van der Waals surface area contributed by atoms with Gasteiger partial charge in [0.15, 0.2) is 0 Å². The van der Waals surface area contributed by atoms with Crippen molar-refractivity contribution in [2.75, 3.05) is 39.3 Å². The van der Waals surface area contributed by atoms with E-state index in [2.05, 4.69) is 21.8 Å². The largest absolute Gasteiger partial charge is 0.466 e. The molecule has 0 radical (unpaired) electrons. The van der Waals surface area contributed by atoms with E-state index in [9.17, 15) is 14.0 Å². The van der Waals surface area contributed by atoms with Crippen LogP contribution in [0.1, 0.15) is 54.9 Å². The van der Waals surface area contributed by atoms with Gasteiger partial charge in [-0.05, 0) is 85.6 Å². The number of amides is 1. The summed E-state index contributed by atoms with van der Waals surface area (Å²) in [5, 5.41) is 2.16. The lowest BCUT2D eigenvalue weighted by molar-refractivity contribution is -0.140. The molecular weight excluding hydrogens is 467 g/mol. The van der Waals surface area contributed by atoms with Crippen molar-refractivity contribution in [2.24, 2.45) is 5.92 Å². The van der Waals surface area contributed by atoms with Crippen LogP contribution < -0.4 is 0 Å². The Kier molecular flexibility index (Phi) is 9.29. The van der Waals surface area contributed by atoms with Gasteiger partial charge in [0.05, 0.1) is 6.61 Å². The van der Waals surface area contributed by atoms with E-state index in [-0.39, 0.29) is 17.7 Å². The van der Waals surface area contributed by atoms with Gasteiger partial charge in [-0.25, -0.2) is 4.39 Å². The molecule has 0 unspecified atom stereocenters. The van der Waals surface area contributed by atoms with Crippen molar-refractivity contribution in [1.29, 1.82) is 0 Å². The summed E-state index contributed by atoms with van der Waals surface area (Å²) in [6, 6.07) is 21.1. The third kappa shape index (κ3) is 7.16. The summed E-state index contributed by atoms with van der Waals surface area (Å²) < 4.78 is 17.6. The predicted octanol–water partition coefficient (Wildman–Crippen LogP) is 5.89. The second kappa shape index (κ2) is 12.8. The Morgan fingerprint density at radius 1 is 0.919 bits per heavy atom. The van der Waals surface area contributed by atoms with Crippen molar-refractivity contribution in [3.63, 3.8) is 0 Å². The maximum absolute atomic E-state index is 13.2. The Hall–Kier alpha value is -3.25. The monoisotopic (exact) mass is 504 g/mol. The van der Waals surface area contributed by atoms with E-state index in [1.165, 1.54) is 12.5 Å². The molecule has 0 aromatic heterocycles. The molecule has 3 aromatic rings. The Morgan fingerprint density at radius 2 is 1.62 bits per heavy atom. The molecule has 2 saturated heterocycles. The van der Waals surface area contributed by atoms with Gasteiger partial charge in [-0.1, -0.05) is 48.5 Å². The normalized spacial score (nSPS) is 18.4. The summed E-state index contributed by atoms with van der Waals surface area (Å²) in [6.07, 6.45) is 3.32. The summed E-state index contributed by atoms with van der Waals surface area (Å²) in [5.74, 6) is 0.864. The molecule has 1 amide bonds. The highest BCUT2D eigenvalue weighted by Gasteiger charge is 2.30. The molecule has 6 heteroatoms. The molecule has 3 aromatic carbocycles. The zero-order chi connectivity index (χ0) is 26.2. The smallest absolute Gasteiger partial charge is 0.302 e. The van der Waals surface area contributed by atoms with Gasteiger partial charge >= 0.3 is 5.97 Å². The number of piperidine rings is 1. The lowest BCUT2D eigenvalue weighted by Crippen LogP contribution is -2.37. The second-order valence-corrected chi connectivity index (χ2v) is 9.98. The minimum atomic E-state index is -0.211. The summed E-state index contributed by atoms with van der Waals surface area (Å²) in [6.45, 7) is 8.57. The van der Waals surface area contributed by atoms with E-state index in [0.717, 1.165) is 68.3 Å². The Morgan fingerprint density at radius 3 is 2.30 bits per heavy atom. The molecule has 2 heterocycles. The minimum absolute atomic E-state index is 0.161. The number of ether oxygens (including phenoxy) is 1.